The summed E-state index contributed by atoms with van der Waals surface area (Å²) >= 11 is 0. The average Bonchev–Trinajstić information content (AvgIpc) is 2.35. The molecule has 0 aromatic heterocycles. The van der Waals surface area contributed by atoms with Crippen LogP contribution in [-0.4, -0.2) is 30.8 Å². The number of anilines is 1. The molecule has 1 aromatic rings. The summed E-state index contributed by atoms with van der Waals surface area (Å²) in [6.07, 6.45) is 0.604. The van der Waals surface area contributed by atoms with Crippen molar-refractivity contribution in [3.8, 4) is 0 Å². The molecule has 1 aliphatic heterocycles. The van der Waals surface area contributed by atoms with Gasteiger partial charge in [0, 0.05) is 30.9 Å². The standard InChI is InChI=1S/C18H30N2O/c1-13-9-17(20-11-14(2)21-15(3)12-20)8-7-16(13)10-19-18(4,5)6/h7-9,14-15,19H,10-12H2,1-6H3/t14-,15+. The Kier molecular flexibility index (Phi) is 4.95. The number of benzene rings is 1. The summed E-state index contributed by atoms with van der Waals surface area (Å²) in [5.41, 5.74) is 4.20. The Morgan fingerprint density at radius 2 is 1.81 bits per heavy atom. The summed E-state index contributed by atoms with van der Waals surface area (Å²) in [5.74, 6) is 0. The van der Waals surface area contributed by atoms with Crippen molar-refractivity contribution >= 4 is 5.69 Å². The van der Waals surface area contributed by atoms with Crippen LogP contribution in [0.4, 0.5) is 5.69 Å². The third-order valence-electron chi connectivity index (χ3n) is 3.92. The smallest absolute Gasteiger partial charge is 0.0726 e. The molecule has 0 saturated carbocycles. The highest BCUT2D eigenvalue weighted by Gasteiger charge is 2.22. The Bertz CT molecular complexity index is 469. The van der Waals surface area contributed by atoms with E-state index in [9.17, 15) is 0 Å². The fourth-order valence-corrected chi connectivity index (χ4v) is 2.82. The van der Waals surface area contributed by atoms with Crippen LogP contribution < -0.4 is 10.2 Å². The minimum Gasteiger partial charge on any atom is -0.372 e. The first-order valence-electron chi connectivity index (χ1n) is 7.99. The molecule has 3 nitrogen and oxygen atoms in total. The second kappa shape index (κ2) is 6.37. The molecule has 21 heavy (non-hydrogen) atoms. The van der Waals surface area contributed by atoms with E-state index < -0.39 is 0 Å². The van der Waals surface area contributed by atoms with Crippen LogP contribution in [0.3, 0.4) is 0 Å². The van der Waals surface area contributed by atoms with Crippen LogP contribution in [0.15, 0.2) is 18.2 Å². The van der Waals surface area contributed by atoms with Crippen molar-refractivity contribution in [2.24, 2.45) is 0 Å². The molecule has 0 aliphatic carbocycles. The minimum atomic E-state index is 0.153. The number of nitrogens with one attached hydrogen (secondary N) is 1. The lowest BCUT2D eigenvalue weighted by Gasteiger charge is -2.37. The van der Waals surface area contributed by atoms with E-state index in [1.54, 1.807) is 0 Å². The summed E-state index contributed by atoms with van der Waals surface area (Å²) in [5, 5.41) is 3.56. The molecule has 3 heteroatoms. The van der Waals surface area contributed by atoms with Crippen LogP contribution in [0.5, 0.6) is 0 Å². The second-order valence-electron chi connectivity index (χ2n) is 7.38. The molecule has 0 unspecified atom stereocenters. The largest absolute Gasteiger partial charge is 0.372 e. The van der Waals surface area contributed by atoms with Gasteiger partial charge < -0.3 is 15.0 Å². The Balaban J connectivity index is 2.08. The maximum Gasteiger partial charge on any atom is 0.0726 e. The van der Waals surface area contributed by atoms with Crippen molar-refractivity contribution < 1.29 is 4.74 Å². The van der Waals surface area contributed by atoms with Gasteiger partial charge in [-0.3, -0.25) is 0 Å². The molecule has 1 heterocycles. The normalized spacial score (nSPS) is 23.4. The lowest BCUT2D eigenvalue weighted by atomic mass is 10.0. The Labute approximate surface area is 129 Å². The molecule has 2 atom stereocenters. The number of hydrogen-bond acceptors (Lipinski definition) is 3. The van der Waals surface area contributed by atoms with E-state index in [2.05, 4.69) is 70.0 Å². The van der Waals surface area contributed by atoms with Gasteiger partial charge in [0.25, 0.3) is 0 Å². The topological polar surface area (TPSA) is 24.5 Å². The van der Waals surface area contributed by atoms with E-state index in [0.29, 0.717) is 12.2 Å². The van der Waals surface area contributed by atoms with E-state index in [1.165, 1.54) is 16.8 Å². The van der Waals surface area contributed by atoms with Gasteiger partial charge in [-0.1, -0.05) is 6.07 Å². The number of rotatable bonds is 3. The zero-order chi connectivity index (χ0) is 15.6. The zero-order valence-corrected chi connectivity index (χ0v) is 14.4. The first-order valence-corrected chi connectivity index (χ1v) is 7.99. The molecule has 1 fully saturated rings. The summed E-state index contributed by atoms with van der Waals surface area (Å²) in [4.78, 5) is 2.44. The monoisotopic (exact) mass is 290 g/mol. The molecule has 2 rings (SSSR count). The lowest BCUT2D eigenvalue weighted by molar-refractivity contribution is -0.00522. The van der Waals surface area contributed by atoms with Crippen molar-refractivity contribution in [1.29, 1.82) is 0 Å². The Morgan fingerprint density at radius 3 is 2.33 bits per heavy atom. The van der Waals surface area contributed by atoms with Gasteiger partial charge >= 0.3 is 0 Å². The maximum absolute atomic E-state index is 5.82. The first kappa shape index (κ1) is 16.3. The molecule has 118 valence electrons. The first-order chi connectivity index (χ1) is 9.74. The number of morpholine rings is 1. The van der Waals surface area contributed by atoms with Crippen molar-refractivity contribution in [3.05, 3.63) is 29.3 Å². The molecule has 0 radical (unpaired) electrons. The van der Waals surface area contributed by atoms with Crippen LogP contribution in [0.1, 0.15) is 45.7 Å². The summed E-state index contributed by atoms with van der Waals surface area (Å²) < 4.78 is 5.82. The fourth-order valence-electron chi connectivity index (χ4n) is 2.82. The van der Waals surface area contributed by atoms with Crippen LogP contribution in [-0.2, 0) is 11.3 Å². The number of nitrogens with zero attached hydrogens (tertiary/aromatic N) is 1. The van der Waals surface area contributed by atoms with Gasteiger partial charge in [-0.25, -0.2) is 0 Å². The van der Waals surface area contributed by atoms with Crippen molar-refractivity contribution in [3.63, 3.8) is 0 Å². The Morgan fingerprint density at radius 1 is 1.19 bits per heavy atom. The zero-order valence-electron chi connectivity index (χ0n) is 14.4. The quantitative estimate of drug-likeness (QED) is 0.922. The molecular formula is C18H30N2O. The SMILES string of the molecule is Cc1cc(N2C[C@@H](C)O[C@@H](C)C2)ccc1CNC(C)(C)C. The molecule has 0 spiro atoms. The van der Waals surface area contributed by atoms with Gasteiger partial charge in [0.1, 0.15) is 0 Å². The highest BCUT2D eigenvalue weighted by Crippen LogP contribution is 2.23. The van der Waals surface area contributed by atoms with E-state index in [4.69, 9.17) is 4.74 Å². The van der Waals surface area contributed by atoms with Crippen LogP contribution in [0.2, 0.25) is 0 Å². The maximum atomic E-state index is 5.82. The highest BCUT2D eigenvalue weighted by atomic mass is 16.5. The third kappa shape index (κ3) is 4.72. The van der Waals surface area contributed by atoms with Gasteiger partial charge in [-0.2, -0.15) is 0 Å². The van der Waals surface area contributed by atoms with Crippen LogP contribution in [0, 0.1) is 6.92 Å². The van der Waals surface area contributed by atoms with E-state index in [1.807, 2.05) is 0 Å². The lowest BCUT2D eigenvalue weighted by Crippen LogP contribution is -2.45. The summed E-state index contributed by atoms with van der Waals surface area (Å²) in [6, 6.07) is 6.82. The Hall–Kier alpha value is -1.06. The summed E-state index contributed by atoms with van der Waals surface area (Å²) in [7, 11) is 0. The van der Waals surface area contributed by atoms with Gasteiger partial charge in [-0.05, 0) is 64.8 Å². The van der Waals surface area contributed by atoms with Crippen molar-refractivity contribution in [2.45, 2.75) is 65.8 Å². The van der Waals surface area contributed by atoms with Gasteiger partial charge in [0.2, 0.25) is 0 Å². The van der Waals surface area contributed by atoms with Crippen molar-refractivity contribution in [1.82, 2.24) is 5.32 Å². The van der Waals surface area contributed by atoms with E-state index >= 15 is 0 Å². The van der Waals surface area contributed by atoms with Crippen molar-refractivity contribution in [2.75, 3.05) is 18.0 Å². The predicted octanol–water partition coefficient (Wildman–Crippen LogP) is 3.50. The average molecular weight is 290 g/mol. The number of hydrogen-bond donors (Lipinski definition) is 1. The molecule has 0 amide bonds. The highest BCUT2D eigenvalue weighted by molar-refractivity contribution is 5.51. The minimum absolute atomic E-state index is 0.153. The van der Waals surface area contributed by atoms with Gasteiger partial charge in [0.15, 0.2) is 0 Å². The van der Waals surface area contributed by atoms with Crippen LogP contribution in [0.25, 0.3) is 0 Å². The van der Waals surface area contributed by atoms with Crippen LogP contribution >= 0.6 is 0 Å². The molecule has 1 N–H and O–H groups in total. The fraction of sp³-hybridized carbons (Fsp3) is 0.667. The van der Waals surface area contributed by atoms with E-state index in [0.717, 1.165) is 19.6 Å². The third-order valence-corrected chi connectivity index (χ3v) is 3.92. The number of ether oxygens (including phenoxy) is 1. The van der Waals surface area contributed by atoms with Gasteiger partial charge in [0.05, 0.1) is 12.2 Å². The molecular weight excluding hydrogens is 260 g/mol. The molecule has 1 aliphatic rings. The molecule has 1 aromatic carbocycles. The van der Waals surface area contributed by atoms with Gasteiger partial charge in [-0.15, -0.1) is 0 Å². The predicted molar refractivity (Wildman–Crippen MR) is 90.0 cm³/mol. The number of aryl methyl sites for hydroxylation is 1. The second-order valence-corrected chi connectivity index (χ2v) is 7.38. The van der Waals surface area contributed by atoms with E-state index in [-0.39, 0.29) is 5.54 Å². The molecule has 1 saturated heterocycles. The molecule has 0 bridgehead atoms. The summed E-state index contributed by atoms with van der Waals surface area (Å²) in [6.45, 7) is 16.0.